The van der Waals surface area contributed by atoms with E-state index in [2.05, 4.69) is 0 Å². The van der Waals surface area contributed by atoms with Gasteiger partial charge in [-0.15, -0.1) is 0 Å². The van der Waals surface area contributed by atoms with Crippen molar-refractivity contribution in [3.63, 3.8) is 0 Å². The van der Waals surface area contributed by atoms with Crippen LogP contribution in [0.15, 0.2) is 53.5 Å². The lowest BCUT2D eigenvalue weighted by molar-refractivity contribution is 0.613. The summed E-state index contributed by atoms with van der Waals surface area (Å²) in [5.74, 6) is -0.872. The fourth-order valence-electron chi connectivity index (χ4n) is 2.62. The summed E-state index contributed by atoms with van der Waals surface area (Å²) >= 11 is 0. The second kappa shape index (κ2) is 5.37. The summed E-state index contributed by atoms with van der Waals surface area (Å²) in [5, 5.41) is 0.301. The van der Waals surface area contributed by atoms with Gasteiger partial charge in [0.2, 0.25) is 0 Å². The Kier molecular flexibility index (Phi) is 3.53. The molecule has 0 saturated heterocycles. The number of rotatable bonds is 2. The molecule has 0 bridgehead atoms. The van der Waals surface area contributed by atoms with Crippen LogP contribution in [0, 0.1) is 11.6 Å². The van der Waals surface area contributed by atoms with Crippen molar-refractivity contribution in [2.75, 3.05) is 0 Å². The average molecular weight is 299 g/mol. The highest BCUT2D eigenvalue weighted by Gasteiger charge is 2.13. The molecule has 22 heavy (non-hydrogen) atoms. The van der Waals surface area contributed by atoms with Gasteiger partial charge in [0.1, 0.15) is 11.6 Å². The van der Waals surface area contributed by atoms with Gasteiger partial charge in [0.05, 0.1) is 5.52 Å². The largest absolute Gasteiger partial charge is 0.344 e. The van der Waals surface area contributed by atoms with Gasteiger partial charge in [-0.3, -0.25) is 4.79 Å². The Balaban J connectivity index is 2.41. The number of pyridine rings is 1. The molecule has 0 unspecified atom stereocenters. The van der Waals surface area contributed by atoms with E-state index in [1.807, 2.05) is 18.4 Å². The summed E-state index contributed by atoms with van der Waals surface area (Å²) in [6.45, 7) is 3.95. The Morgan fingerprint density at radius 3 is 2.41 bits per heavy atom. The van der Waals surface area contributed by atoms with Crippen LogP contribution in [-0.2, 0) is 0 Å². The molecule has 4 heteroatoms. The van der Waals surface area contributed by atoms with E-state index in [1.54, 1.807) is 24.4 Å². The maximum atomic E-state index is 13.5. The third-order valence-electron chi connectivity index (χ3n) is 3.69. The van der Waals surface area contributed by atoms with Crippen LogP contribution in [-0.4, -0.2) is 4.57 Å². The lowest BCUT2D eigenvalue weighted by Gasteiger charge is -2.17. The number of nitrogens with zero attached hydrogens (tertiary/aromatic N) is 1. The minimum atomic E-state index is -0.462. The summed E-state index contributed by atoms with van der Waals surface area (Å²) in [7, 11) is 0. The summed E-state index contributed by atoms with van der Waals surface area (Å²) in [6.07, 6.45) is 1.71. The van der Waals surface area contributed by atoms with Gasteiger partial charge in [0.25, 0.3) is 0 Å². The van der Waals surface area contributed by atoms with Crippen LogP contribution in [0.25, 0.3) is 22.0 Å². The lowest BCUT2D eigenvalue weighted by Crippen LogP contribution is -2.13. The molecule has 3 rings (SSSR count). The van der Waals surface area contributed by atoms with Gasteiger partial charge in [-0.25, -0.2) is 8.78 Å². The van der Waals surface area contributed by atoms with Gasteiger partial charge in [-0.2, -0.15) is 0 Å². The van der Waals surface area contributed by atoms with E-state index in [4.69, 9.17) is 0 Å². The van der Waals surface area contributed by atoms with Crippen molar-refractivity contribution in [2.45, 2.75) is 19.9 Å². The molecule has 0 aliphatic carbocycles. The molecular formula is C18H15F2NO. The normalized spacial score (nSPS) is 11.3. The van der Waals surface area contributed by atoms with Crippen molar-refractivity contribution in [3.8, 4) is 11.1 Å². The molecule has 2 nitrogen and oxygen atoms in total. The standard InChI is InChI=1S/C18H15F2NO/c1-11(2)21-10-16(12-4-3-5-13(19)8-12)18(22)15-9-14(20)6-7-17(15)21/h3-11H,1-2H3. The van der Waals surface area contributed by atoms with E-state index >= 15 is 0 Å². The zero-order chi connectivity index (χ0) is 15.9. The molecule has 0 fully saturated rings. The molecule has 1 aromatic heterocycles. The molecule has 0 amide bonds. The van der Waals surface area contributed by atoms with Crippen molar-refractivity contribution in [1.82, 2.24) is 4.57 Å². The fourth-order valence-corrected chi connectivity index (χ4v) is 2.62. The molecule has 112 valence electrons. The number of halogens is 2. The van der Waals surface area contributed by atoms with Crippen molar-refractivity contribution in [3.05, 3.63) is 70.5 Å². The molecule has 0 atom stereocenters. The molecule has 0 saturated carbocycles. The maximum absolute atomic E-state index is 13.5. The third-order valence-corrected chi connectivity index (χ3v) is 3.69. The molecular weight excluding hydrogens is 284 g/mol. The van der Waals surface area contributed by atoms with Crippen LogP contribution in [0.3, 0.4) is 0 Å². The number of hydrogen-bond acceptors (Lipinski definition) is 1. The molecule has 1 heterocycles. The number of aromatic nitrogens is 1. The highest BCUT2D eigenvalue weighted by molar-refractivity contribution is 5.84. The first-order valence-corrected chi connectivity index (χ1v) is 7.07. The summed E-state index contributed by atoms with van der Waals surface area (Å²) in [5.41, 5.74) is 1.23. The van der Waals surface area contributed by atoms with Crippen LogP contribution in [0.5, 0.6) is 0 Å². The smallest absolute Gasteiger partial charge is 0.197 e. The van der Waals surface area contributed by atoms with E-state index in [1.165, 1.54) is 24.3 Å². The minimum Gasteiger partial charge on any atom is -0.344 e. The summed E-state index contributed by atoms with van der Waals surface area (Å²) in [6, 6.07) is 10.1. The van der Waals surface area contributed by atoms with Crippen LogP contribution in [0.2, 0.25) is 0 Å². The first-order valence-electron chi connectivity index (χ1n) is 7.07. The quantitative estimate of drug-likeness (QED) is 0.681. The van der Waals surface area contributed by atoms with Crippen LogP contribution < -0.4 is 5.43 Å². The molecule has 0 radical (unpaired) electrons. The second-order valence-electron chi connectivity index (χ2n) is 5.54. The third kappa shape index (κ3) is 2.41. The number of benzene rings is 2. The van der Waals surface area contributed by atoms with Crippen molar-refractivity contribution in [2.24, 2.45) is 0 Å². The highest BCUT2D eigenvalue weighted by Crippen LogP contribution is 2.23. The summed E-state index contributed by atoms with van der Waals surface area (Å²) < 4.78 is 28.9. The van der Waals surface area contributed by atoms with Gasteiger partial charge in [-0.1, -0.05) is 12.1 Å². The van der Waals surface area contributed by atoms with E-state index in [-0.39, 0.29) is 11.5 Å². The minimum absolute atomic E-state index is 0.0841. The first-order chi connectivity index (χ1) is 10.5. The Hall–Kier alpha value is -2.49. The predicted molar refractivity (Wildman–Crippen MR) is 83.9 cm³/mol. The molecule has 0 N–H and O–H groups in total. The van der Waals surface area contributed by atoms with Crippen molar-refractivity contribution in [1.29, 1.82) is 0 Å². The Bertz CT molecular complexity index is 913. The monoisotopic (exact) mass is 299 g/mol. The number of hydrogen-bond donors (Lipinski definition) is 0. The lowest BCUT2D eigenvalue weighted by atomic mass is 10.0. The van der Waals surface area contributed by atoms with Gasteiger partial charge in [-0.05, 0) is 49.7 Å². The van der Waals surface area contributed by atoms with Crippen LogP contribution in [0.4, 0.5) is 8.78 Å². The van der Waals surface area contributed by atoms with Crippen molar-refractivity contribution < 1.29 is 8.78 Å². The molecule has 0 aliphatic rings. The maximum Gasteiger partial charge on any atom is 0.197 e. The topological polar surface area (TPSA) is 22.0 Å². The zero-order valence-corrected chi connectivity index (χ0v) is 12.3. The predicted octanol–water partition coefficient (Wildman–Crippen LogP) is 4.53. The molecule has 2 aromatic carbocycles. The van der Waals surface area contributed by atoms with E-state index < -0.39 is 11.6 Å². The SMILES string of the molecule is CC(C)n1cc(-c2cccc(F)c2)c(=O)c2cc(F)ccc21. The summed E-state index contributed by atoms with van der Waals surface area (Å²) in [4.78, 5) is 12.7. The van der Waals surface area contributed by atoms with Crippen molar-refractivity contribution >= 4 is 10.9 Å². The zero-order valence-electron chi connectivity index (χ0n) is 12.3. The molecule has 0 spiro atoms. The highest BCUT2D eigenvalue weighted by atomic mass is 19.1. The Morgan fingerprint density at radius 2 is 1.73 bits per heavy atom. The Labute approximate surface area is 126 Å². The average Bonchev–Trinajstić information content (AvgIpc) is 2.47. The van der Waals surface area contributed by atoms with Gasteiger partial charge >= 0.3 is 0 Å². The van der Waals surface area contributed by atoms with Crippen LogP contribution >= 0.6 is 0 Å². The Morgan fingerprint density at radius 1 is 1.00 bits per heavy atom. The van der Waals surface area contributed by atoms with E-state index in [0.29, 0.717) is 22.0 Å². The number of fused-ring (bicyclic) bond motifs is 1. The van der Waals surface area contributed by atoms with Gasteiger partial charge < -0.3 is 4.57 Å². The van der Waals surface area contributed by atoms with Gasteiger partial charge in [0.15, 0.2) is 5.43 Å². The molecule has 3 aromatic rings. The fraction of sp³-hybridized carbons (Fsp3) is 0.167. The second-order valence-corrected chi connectivity index (χ2v) is 5.54. The van der Waals surface area contributed by atoms with Gasteiger partial charge in [0, 0.05) is 23.2 Å². The van der Waals surface area contributed by atoms with E-state index in [9.17, 15) is 13.6 Å². The first kappa shape index (κ1) is 14.4. The van der Waals surface area contributed by atoms with Crippen LogP contribution in [0.1, 0.15) is 19.9 Å². The van der Waals surface area contributed by atoms with E-state index in [0.717, 1.165) is 0 Å². The molecule has 0 aliphatic heterocycles.